The van der Waals surface area contributed by atoms with E-state index in [0.29, 0.717) is 12.5 Å². The first kappa shape index (κ1) is 17.9. The minimum Gasteiger partial charge on any atom is -0.481 e. The molecule has 2 unspecified atom stereocenters. The molecule has 0 aromatic rings. The van der Waals surface area contributed by atoms with Crippen molar-refractivity contribution in [3.63, 3.8) is 0 Å². The van der Waals surface area contributed by atoms with Crippen molar-refractivity contribution in [2.45, 2.75) is 47.1 Å². The number of carboxylic acid groups (broad SMARTS) is 2. The van der Waals surface area contributed by atoms with Gasteiger partial charge < -0.3 is 10.2 Å². The number of carbonyl (C=O) groups is 2. The van der Waals surface area contributed by atoms with E-state index in [2.05, 4.69) is 13.8 Å². The largest absolute Gasteiger partial charge is 0.481 e. The van der Waals surface area contributed by atoms with E-state index in [-0.39, 0.29) is 12.5 Å². The Balaban J connectivity index is 4.90. The molecule has 5 nitrogen and oxygen atoms in total. The van der Waals surface area contributed by atoms with E-state index in [1.54, 1.807) is 11.8 Å². The molecule has 0 fully saturated rings. The summed E-state index contributed by atoms with van der Waals surface area (Å²) in [6, 6.07) is -0.624. The van der Waals surface area contributed by atoms with Crippen LogP contribution in [0.3, 0.4) is 0 Å². The molecular formula is C14H27NO4. The maximum Gasteiger partial charge on any atom is 0.321 e. The molecule has 0 aromatic carbocycles. The number of carboxylic acids is 2. The second-order valence-corrected chi connectivity index (χ2v) is 5.94. The zero-order valence-electron chi connectivity index (χ0n) is 12.6. The Morgan fingerprint density at radius 1 is 1.00 bits per heavy atom. The fourth-order valence-electron chi connectivity index (χ4n) is 2.06. The summed E-state index contributed by atoms with van der Waals surface area (Å²) in [5.74, 6) is -1.92. The van der Waals surface area contributed by atoms with Gasteiger partial charge in [-0.3, -0.25) is 14.5 Å². The van der Waals surface area contributed by atoms with Gasteiger partial charge in [-0.25, -0.2) is 0 Å². The fraction of sp³-hybridized carbons (Fsp3) is 0.857. The van der Waals surface area contributed by atoms with E-state index < -0.39 is 23.9 Å². The highest BCUT2D eigenvalue weighted by molar-refractivity contribution is 5.74. The average molecular weight is 273 g/mol. The summed E-state index contributed by atoms with van der Waals surface area (Å²) in [7, 11) is 0. The Morgan fingerprint density at radius 2 is 1.53 bits per heavy atom. The van der Waals surface area contributed by atoms with Gasteiger partial charge in [0.25, 0.3) is 0 Å². The molecule has 0 saturated heterocycles. The smallest absolute Gasteiger partial charge is 0.321 e. The topological polar surface area (TPSA) is 77.8 Å². The van der Waals surface area contributed by atoms with E-state index in [0.717, 1.165) is 6.42 Å². The van der Waals surface area contributed by atoms with Gasteiger partial charge in [-0.2, -0.15) is 0 Å². The summed E-state index contributed by atoms with van der Waals surface area (Å²) < 4.78 is 0. The molecule has 0 rings (SSSR count). The summed E-state index contributed by atoms with van der Waals surface area (Å²) in [4.78, 5) is 24.1. The standard InChI is InChI=1S/C14H27NO4/c1-9(2)6-7-15(8-11(5)13(16)17)12(10(3)4)14(18)19/h9-12H,6-8H2,1-5H3,(H,16,17)(H,18,19). The van der Waals surface area contributed by atoms with Crippen molar-refractivity contribution < 1.29 is 19.8 Å². The maximum atomic E-state index is 11.4. The molecule has 0 heterocycles. The van der Waals surface area contributed by atoms with Crippen LogP contribution in [0.2, 0.25) is 0 Å². The van der Waals surface area contributed by atoms with Crippen LogP contribution in [0.4, 0.5) is 0 Å². The minimum absolute atomic E-state index is 0.0503. The van der Waals surface area contributed by atoms with Crippen molar-refractivity contribution >= 4 is 11.9 Å². The van der Waals surface area contributed by atoms with Gasteiger partial charge in [0.1, 0.15) is 6.04 Å². The van der Waals surface area contributed by atoms with E-state index in [9.17, 15) is 14.7 Å². The van der Waals surface area contributed by atoms with E-state index in [1.165, 1.54) is 0 Å². The molecule has 0 bridgehead atoms. The second kappa shape index (κ2) is 8.15. The molecule has 0 spiro atoms. The van der Waals surface area contributed by atoms with E-state index >= 15 is 0 Å². The monoisotopic (exact) mass is 273 g/mol. The minimum atomic E-state index is -0.887. The fourth-order valence-corrected chi connectivity index (χ4v) is 2.06. The second-order valence-electron chi connectivity index (χ2n) is 5.94. The van der Waals surface area contributed by atoms with Crippen LogP contribution in [0.5, 0.6) is 0 Å². The lowest BCUT2D eigenvalue weighted by Gasteiger charge is -2.33. The summed E-state index contributed by atoms with van der Waals surface area (Å²) in [5.41, 5.74) is 0. The van der Waals surface area contributed by atoms with Crippen molar-refractivity contribution in [1.29, 1.82) is 0 Å². The molecule has 0 amide bonds. The van der Waals surface area contributed by atoms with Crippen molar-refractivity contribution in [2.75, 3.05) is 13.1 Å². The predicted molar refractivity (Wildman–Crippen MR) is 74.1 cm³/mol. The van der Waals surface area contributed by atoms with Gasteiger partial charge in [0.15, 0.2) is 0 Å². The third-order valence-electron chi connectivity index (χ3n) is 3.20. The molecule has 0 aliphatic rings. The molecular weight excluding hydrogens is 246 g/mol. The van der Waals surface area contributed by atoms with Crippen LogP contribution >= 0.6 is 0 Å². The third kappa shape index (κ3) is 6.57. The Kier molecular flexibility index (Phi) is 7.68. The lowest BCUT2D eigenvalue weighted by molar-refractivity contribution is -0.148. The summed E-state index contributed by atoms with van der Waals surface area (Å²) in [6.45, 7) is 10.4. The zero-order chi connectivity index (χ0) is 15.2. The first-order chi connectivity index (χ1) is 8.66. The van der Waals surface area contributed by atoms with Gasteiger partial charge in [0.2, 0.25) is 0 Å². The van der Waals surface area contributed by atoms with Gasteiger partial charge in [-0.05, 0) is 24.8 Å². The van der Waals surface area contributed by atoms with Gasteiger partial charge >= 0.3 is 11.9 Å². The van der Waals surface area contributed by atoms with Gasteiger partial charge in [0, 0.05) is 6.54 Å². The Labute approximate surface area is 115 Å². The summed E-state index contributed by atoms with van der Waals surface area (Å²) in [6.07, 6.45) is 0.864. The highest BCUT2D eigenvalue weighted by Gasteiger charge is 2.30. The number of aliphatic carboxylic acids is 2. The van der Waals surface area contributed by atoms with Crippen LogP contribution in [0.25, 0.3) is 0 Å². The van der Waals surface area contributed by atoms with Crippen LogP contribution in [0.15, 0.2) is 0 Å². The molecule has 112 valence electrons. The lowest BCUT2D eigenvalue weighted by atomic mass is 9.99. The molecule has 0 aliphatic heterocycles. The van der Waals surface area contributed by atoms with E-state index in [1.807, 2.05) is 13.8 Å². The molecule has 2 atom stereocenters. The van der Waals surface area contributed by atoms with Crippen LogP contribution in [-0.2, 0) is 9.59 Å². The van der Waals surface area contributed by atoms with Crippen LogP contribution in [0, 0.1) is 17.8 Å². The number of hydrogen-bond acceptors (Lipinski definition) is 3. The molecule has 0 saturated carbocycles. The van der Waals surface area contributed by atoms with E-state index in [4.69, 9.17) is 5.11 Å². The lowest BCUT2D eigenvalue weighted by Crippen LogP contribution is -2.48. The normalized spacial score (nSPS) is 14.9. The average Bonchev–Trinajstić information content (AvgIpc) is 2.24. The molecule has 0 radical (unpaired) electrons. The number of rotatable bonds is 9. The highest BCUT2D eigenvalue weighted by Crippen LogP contribution is 2.16. The Morgan fingerprint density at radius 3 is 1.84 bits per heavy atom. The van der Waals surface area contributed by atoms with Gasteiger partial charge in [-0.15, -0.1) is 0 Å². The van der Waals surface area contributed by atoms with Crippen molar-refractivity contribution in [1.82, 2.24) is 4.90 Å². The van der Waals surface area contributed by atoms with Crippen molar-refractivity contribution in [2.24, 2.45) is 17.8 Å². The van der Waals surface area contributed by atoms with Crippen molar-refractivity contribution in [3.8, 4) is 0 Å². The van der Waals surface area contributed by atoms with Crippen LogP contribution in [-0.4, -0.2) is 46.2 Å². The zero-order valence-corrected chi connectivity index (χ0v) is 12.6. The first-order valence-corrected chi connectivity index (χ1v) is 6.86. The van der Waals surface area contributed by atoms with Crippen molar-refractivity contribution in [3.05, 3.63) is 0 Å². The molecule has 0 aromatic heterocycles. The number of hydrogen-bond donors (Lipinski definition) is 2. The molecule has 19 heavy (non-hydrogen) atoms. The molecule has 5 heteroatoms. The predicted octanol–water partition coefficient (Wildman–Crippen LogP) is 2.16. The Bertz CT molecular complexity index is 302. The summed E-state index contributed by atoms with van der Waals surface area (Å²) >= 11 is 0. The molecule has 2 N–H and O–H groups in total. The summed E-state index contributed by atoms with van der Waals surface area (Å²) in [5, 5.41) is 18.3. The Hall–Kier alpha value is -1.10. The third-order valence-corrected chi connectivity index (χ3v) is 3.20. The maximum absolute atomic E-state index is 11.4. The van der Waals surface area contributed by atoms with Gasteiger partial charge in [-0.1, -0.05) is 34.6 Å². The van der Waals surface area contributed by atoms with Crippen LogP contribution < -0.4 is 0 Å². The van der Waals surface area contributed by atoms with Crippen LogP contribution in [0.1, 0.15) is 41.0 Å². The molecule has 0 aliphatic carbocycles. The quantitative estimate of drug-likeness (QED) is 0.673. The first-order valence-electron chi connectivity index (χ1n) is 6.86. The highest BCUT2D eigenvalue weighted by atomic mass is 16.4. The SMILES string of the molecule is CC(C)CCN(CC(C)C(=O)O)C(C(=O)O)C(C)C. The van der Waals surface area contributed by atoms with Gasteiger partial charge in [0.05, 0.1) is 5.92 Å². The number of nitrogens with zero attached hydrogens (tertiary/aromatic N) is 1.